The van der Waals surface area contributed by atoms with Crippen LogP contribution in [0.5, 0.6) is 0 Å². The van der Waals surface area contributed by atoms with Crippen LogP contribution in [0.4, 0.5) is 0 Å². The SMILES string of the molecule is N#Cc1c(Cl)cn2c1-c1ccccc1C2=O. The Morgan fingerprint density at radius 2 is 1.94 bits per heavy atom. The number of aromatic nitrogens is 1. The summed E-state index contributed by atoms with van der Waals surface area (Å²) in [5.41, 5.74) is 2.36. The van der Waals surface area contributed by atoms with Crippen molar-refractivity contribution in [3.8, 4) is 17.3 Å². The molecule has 1 aliphatic heterocycles. The van der Waals surface area contributed by atoms with E-state index in [0.717, 1.165) is 5.56 Å². The molecular formula is C12H5ClN2O. The number of carbonyl (C=O) groups is 1. The van der Waals surface area contributed by atoms with E-state index in [-0.39, 0.29) is 5.91 Å². The molecule has 0 N–H and O–H groups in total. The van der Waals surface area contributed by atoms with E-state index in [1.165, 1.54) is 10.8 Å². The van der Waals surface area contributed by atoms with Gasteiger partial charge >= 0.3 is 0 Å². The molecule has 0 spiro atoms. The lowest BCUT2D eigenvalue weighted by Gasteiger charge is -1.95. The molecule has 0 saturated carbocycles. The molecule has 4 heteroatoms. The fourth-order valence-corrected chi connectivity index (χ4v) is 2.24. The second kappa shape index (κ2) is 2.97. The van der Waals surface area contributed by atoms with E-state index in [2.05, 4.69) is 0 Å². The number of nitriles is 1. The van der Waals surface area contributed by atoms with Crippen LogP contribution in [-0.2, 0) is 0 Å². The van der Waals surface area contributed by atoms with Crippen LogP contribution >= 0.6 is 11.6 Å². The first-order valence-corrected chi connectivity index (χ1v) is 5.07. The Morgan fingerprint density at radius 3 is 2.62 bits per heavy atom. The summed E-state index contributed by atoms with van der Waals surface area (Å²) in [7, 11) is 0. The summed E-state index contributed by atoms with van der Waals surface area (Å²) < 4.78 is 1.44. The molecule has 76 valence electrons. The molecule has 0 aliphatic carbocycles. The molecule has 0 fully saturated rings. The second-order valence-electron chi connectivity index (χ2n) is 3.53. The third-order valence-electron chi connectivity index (χ3n) is 2.70. The number of hydrogen-bond donors (Lipinski definition) is 0. The van der Waals surface area contributed by atoms with Gasteiger partial charge in [-0.15, -0.1) is 0 Å². The first-order chi connectivity index (χ1) is 7.74. The van der Waals surface area contributed by atoms with E-state index in [1.807, 2.05) is 18.2 Å². The van der Waals surface area contributed by atoms with Crippen LogP contribution in [0.2, 0.25) is 5.02 Å². The van der Waals surface area contributed by atoms with Crippen molar-refractivity contribution >= 4 is 17.5 Å². The van der Waals surface area contributed by atoms with E-state index >= 15 is 0 Å². The standard InChI is InChI=1S/C12H5ClN2O/c13-10-6-15-11(9(10)5-14)7-3-1-2-4-8(7)12(15)16/h1-4,6H. The smallest absolute Gasteiger partial charge is 0.263 e. The molecule has 0 saturated heterocycles. The maximum absolute atomic E-state index is 12.0. The third-order valence-corrected chi connectivity index (χ3v) is 2.99. The molecule has 2 heterocycles. The van der Waals surface area contributed by atoms with Gasteiger partial charge in [-0.3, -0.25) is 9.36 Å². The Balaban J connectivity index is 2.45. The summed E-state index contributed by atoms with van der Waals surface area (Å²) in [6, 6.07) is 9.24. The molecule has 16 heavy (non-hydrogen) atoms. The minimum absolute atomic E-state index is 0.131. The van der Waals surface area contributed by atoms with Gasteiger partial charge in [-0.1, -0.05) is 29.8 Å². The topological polar surface area (TPSA) is 45.8 Å². The summed E-state index contributed by atoms with van der Waals surface area (Å²) in [4.78, 5) is 12.0. The van der Waals surface area contributed by atoms with Crippen LogP contribution in [0.25, 0.3) is 11.3 Å². The lowest BCUT2D eigenvalue weighted by atomic mass is 10.1. The normalized spacial score (nSPS) is 12.1. The summed E-state index contributed by atoms with van der Waals surface area (Å²) in [5, 5.41) is 9.34. The Morgan fingerprint density at radius 1 is 1.25 bits per heavy atom. The third kappa shape index (κ3) is 0.944. The quantitative estimate of drug-likeness (QED) is 0.594. The molecule has 1 aliphatic rings. The Labute approximate surface area is 96.5 Å². The van der Waals surface area contributed by atoms with E-state index in [0.29, 0.717) is 21.8 Å². The number of benzene rings is 1. The Kier molecular flexibility index (Phi) is 1.71. The van der Waals surface area contributed by atoms with E-state index in [1.54, 1.807) is 12.1 Å². The van der Waals surface area contributed by atoms with Gasteiger partial charge in [0.05, 0.1) is 16.3 Å². The molecular weight excluding hydrogens is 224 g/mol. The van der Waals surface area contributed by atoms with Gasteiger partial charge in [0.25, 0.3) is 5.91 Å². The molecule has 1 aromatic heterocycles. The lowest BCUT2D eigenvalue weighted by molar-refractivity contribution is 0.0969. The molecule has 3 nitrogen and oxygen atoms in total. The van der Waals surface area contributed by atoms with Crippen molar-refractivity contribution in [3.63, 3.8) is 0 Å². The van der Waals surface area contributed by atoms with Crippen LogP contribution in [0, 0.1) is 11.3 Å². The number of fused-ring (bicyclic) bond motifs is 3. The number of nitrogens with zero attached hydrogens (tertiary/aromatic N) is 2. The van der Waals surface area contributed by atoms with E-state index in [4.69, 9.17) is 16.9 Å². The number of rotatable bonds is 0. The van der Waals surface area contributed by atoms with Crippen LogP contribution in [0.1, 0.15) is 15.9 Å². The van der Waals surface area contributed by atoms with Gasteiger partial charge < -0.3 is 0 Å². The highest BCUT2D eigenvalue weighted by atomic mass is 35.5. The zero-order valence-electron chi connectivity index (χ0n) is 8.07. The number of carbonyl (C=O) groups excluding carboxylic acids is 1. The molecule has 0 unspecified atom stereocenters. The average Bonchev–Trinajstić information content (AvgIpc) is 2.76. The predicted molar refractivity (Wildman–Crippen MR) is 59.3 cm³/mol. The highest BCUT2D eigenvalue weighted by Crippen LogP contribution is 2.38. The molecule has 0 radical (unpaired) electrons. The van der Waals surface area contributed by atoms with Gasteiger partial charge in [-0.25, -0.2) is 0 Å². The first-order valence-electron chi connectivity index (χ1n) is 4.69. The average molecular weight is 229 g/mol. The minimum atomic E-state index is -0.131. The van der Waals surface area contributed by atoms with E-state index < -0.39 is 0 Å². The fourth-order valence-electron chi connectivity index (χ4n) is 2.01. The maximum atomic E-state index is 12.0. The molecule has 0 amide bonds. The van der Waals surface area contributed by atoms with Crippen molar-refractivity contribution in [3.05, 3.63) is 46.6 Å². The van der Waals surface area contributed by atoms with Gasteiger partial charge in [0, 0.05) is 17.3 Å². The summed E-state index contributed by atoms with van der Waals surface area (Å²) in [6.07, 6.45) is 1.50. The largest absolute Gasteiger partial charge is 0.280 e. The Bertz CT molecular complexity index is 664. The van der Waals surface area contributed by atoms with Crippen LogP contribution in [0.3, 0.4) is 0 Å². The molecule has 3 rings (SSSR count). The van der Waals surface area contributed by atoms with Crippen molar-refractivity contribution in [2.24, 2.45) is 0 Å². The Hall–Kier alpha value is -2.05. The van der Waals surface area contributed by atoms with Crippen molar-refractivity contribution in [1.29, 1.82) is 5.26 Å². The van der Waals surface area contributed by atoms with E-state index in [9.17, 15) is 4.79 Å². The highest BCUT2D eigenvalue weighted by Gasteiger charge is 2.30. The second-order valence-corrected chi connectivity index (χ2v) is 3.94. The zero-order valence-corrected chi connectivity index (χ0v) is 8.82. The predicted octanol–water partition coefficient (Wildman–Crippen LogP) is 2.68. The van der Waals surface area contributed by atoms with Gasteiger partial charge in [0.15, 0.2) is 0 Å². The van der Waals surface area contributed by atoms with Gasteiger partial charge in [0.2, 0.25) is 0 Å². The molecule has 1 aromatic carbocycles. The molecule has 0 atom stereocenters. The number of hydrogen-bond acceptors (Lipinski definition) is 2. The maximum Gasteiger partial charge on any atom is 0.263 e. The lowest BCUT2D eigenvalue weighted by Crippen LogP contribution is -2.03. The monoisotopic (exact) mass is 228 g/mol. The van der Waals surface area contributed by atoms with Crippen molar-refractivity contribution in [2.45, 2.75) is 0 Å². The first kappa shape index (κ1) is 9.20. The summed E-state index contributed by atoms with van der Waals surface area (Å²) in [5.74, 6) is -0.131. The molecule has 2 aromatic rings. The summed E-state index contributed by atoms with van der Waals surface area (Å²) >= 11 is 5.90. The highest BCUT2D eigenvalue weighted by molar-refractivity contribution is 6.33. The van der Waals surface area contributed by atoms with Crippen LogP contribution < -0.4 is 0 Å². The van der Waals surface area contributed by atoms with Gasteiger partial charge in [0.1, 0.15) is 6.07 Å². The number of halogens is 1. The zero-order chi connectivity index (χ0) is 11.3. The van der Waals surface area contributed by atoms with Crippen LogP contribution in [-0.4, -0.2) is 10.5 Å². The van der Waals surface area contributed by atoms with Crippen molar-refractivity contribution < 1.29 is 4.79 Å². The van der Waals surface area contributed by atoms with Crippen molar-refractivity contribution in [2.75, 3.05) is 0 Å². The van der Waals surface area contributed by atoms with Gasteiger partial charge in [-0.2, -0.15) is 5.26 Å². The summed E-state index contributed by atoms with van der Waals surface area (Å²) in [6.45, 7) is 0. The van der Waals surface area contributed by atoms with Crippen LogP contribution in [0.15, 0.2) is 30.5 Å². The molecule has 0 bridgehead atoms. The minimum Gasteiger partial charge on any atom is -0.280 e. The fraction of sp³-hybridized carbons (Fsp3) is 0. The van der Waals surface area contributed by atoms with Crippen molar-refractivity contribution in [1.82, 2.24) is 4.57 Å². The van der Waals surface area contributed by atoms with Gasteiger partial charge in [-0.05, 0) is 6.07 Å².